The van der Waals surface area contributed by atoms with E-state index < -0.39 is 5.60 Å². The molecule has 1 aliphatic heterocycles. The van der Waals surface area contributed by atoms with Gasteiger partial charge in [0.15, 0.2) is 5.76 Å². The summed E-state index contributed by atoms with van der Waals surface area (Å²) in [5.74, 6) is 0.830. The van der Waals surface area contributed by atoms with Gasteiger partial charge < -0.3 is 14.4 Å². The molecule has 1 saturated heterocycles. The number of benzene rings is 1. The first kappa shape index (κ1) is 17.1. The van der Waals surface area contributed by atoms with E-state index in [1.165, 1.54) is 0 Å². The van der Waals surface area contributed by atoms with Crippen LogP contribution in [0.1, 0.15) is 37.2 Å². The zero-order valence-electron chi connectivity index (χ0n) is 14.0. The molecule has 0 aliphatic carbocycles. The number of aliphatic hydroxyl groups is 1. The molecule has 2 aromatic rings. The fraction of sp³-hybridized carbons (Fsp3) is 0.421. The molecule has 1 aliphatic rings. The van der Waals surface area contributed by atoms with Crippen LogP contribution in [0.25, 0.3) is 11.3 Å². The van der Waals surface area contributed by atoms with Crippen LogP contribution >= 0.6 is 11.6 Å². The van der Waals surface area contributed by atoms with E-state index in [1.807, 2.05) is 18.2 Å². The molecule has 1 aromatic carbocycles. The Labute approximate surface area is 147 Å². The van der Waals surface area contributed by atoms with E-state index in [-0.39, 0.29) is 11.8 Å². The third-order valence-electron chi connectivity index (χ3n) is 4.66. The van der Waals surface area contributed by atoms with Crippen LogP contribution in [-0.2, 0) is 0 Å². The van der Waals surface area contributed by atoms with Gasteiger partial charge in [-0.15, -0.1) is 0 Å². The predicted octanol–water partition coefficient (Wildman–Crippen LogP) is 4.22. The minimum Gasteiger partial charge on any atom is -0.451 e. The zero-order chi connectivity index (χ0) is 17.3. The number of halogens is 1. The third-order valence-corrected chi connectivity index (χ3v) is 4.99. The molecule has 1 aromatic heterocycles. The lowest BCUT2D eigenvalue weighted by Gasteiger charge is -2.38. The predicted molar refractivity (Wildman–Crippen MR) is 94.1 cm³/mol. The number of piperidine rings is 1. The summed E-state index contributed by atoms with van der Waals surface area (Å²) in [5, 5.41) is 10.8. The fourth-order valence-corrected chi connectivity index (χ4v) is 3.38. The van der Waals surface area contributed by atoms with Crippen molar-refractivity contribution < 1.29 is 14.3 Å². The first-order chi connectivity index (χ1) is 11.4. The van der Waals surface area contributed by atoms with Gasteiger partial charge in [0.25, 0.3) is 5.91 Å². The molecular weight excluding hydrogens is 326 g/mol. The van der Waals surface area contributed by atoms with Crippen molar-refractivity contribution >= 4 is 17.5 Å². The van der Waals surface area contributed by atoms with Crippen molar-refractivity contribution in [2.24, 2.45) is 5.92 Å². The van der Waals surface area contributed by atoms with Crippen LogP contribution in [0.4, 0.5) is 0 Å². The topological polar surface area (TPSA) is 53.7 Å². The molecule has 0 spiro atoms. The Hall–Kier alpha value is -1.78. The average molecular weight is 348 g/mol. The highest BCUT2D eigenvalue weighted by Crippen LogP contribution is 2.31. The summed E-state index contributed by atoms with van der Waals surface area (Å²) >= 11 is 6.18. The van der Waals surface area contributed by atoms with Crippen molar-refractivity contribution in [1.29, 1.82) is 0 Å². The Morgan fingerprint density at radius 1 is 1.29 bits per heavy atom. The Balaban J connectivity index is 1.78. The molecule has 128 valence electrons. The second-order valence-electron chi connectivity index (χ2n) is 6.89. The number of nitrogens with zero attached hydrogens (tertiary/aromatic N) is 1. The normalized spacial score (nSPS) is 18.7. The summed E-state index contributed by atoms with van der Waals surface area (Å²) in [6.07, 6.45) is 1.81. The summed E-state index contributed by atoms with van der Waals surface area (Å²) in [5.41, 5.74) is -0.0172. The number of likely N-dealkylation sites (tertiary alicyclic amines) is 1. The van der Waals surface area contributed by atoms with Gasteiger partial charge >= 0.3 is 0 Å². The summed E-state index contributed by atoms with van der Waals surface area (Å²) < 4.78 is 5.75. The summed E-state index contributed by atoms with van der Waals surface area (Å²) in [4.78, 5) is 14.5. The standard InChI is InChI=1S/C19H22ClNO3/c1-19(2,23)13-6-5-11-21(12-13)18(22)17-10-9-16(24-17)14-7-3-4-8-15(14)20/h3-4,7-10,13,23H,5-6,11-12H2,1-2H3. The quantitative estimate of drug-likeness (QED) is 0.904. The fourth-order valence-electron chi connectivity index (χ4n) is 3.15. The minimum atomic E-state index is -0.787. The van der Waals surface area contributed by atoms with E-state index in [1.54, 1.807) is 36.9 Å². The zero-order valence-corrected chi connectivity index (χ0v) is 14.7. The van der Waals surface area contributed by atoms with Gasteiger partial charge in [-0.2, -0.15) is 0 Å². The van der Waals surface area contributed by atoms with E-state index in [4.69, 9.17) is 16.0 Å². The number of hydrogen-bond donors (Lipinski definition) is 1. The first-order valence-corrected chi connectivity index (χ1v) is 8.60. The van der Waals surface area contributed by atoms with Crippen molar-refractivity contribution in [3.8, 4) is 11.3 Å². The second kappa shape index (κ2) is 6.61. The number of carbonyl (C=O) groups is 1. The van der Waals surface area contributed by atoms with Gasteiger partial charge in [0.1, 0.15) is 5.76 Å². The summed E-state index contributed by atoms with van der Waals surface area (Å²) in [6, 6.07) is 10.8. The third kappa shape index (κ3) is 3.50. The lowest BCUT2D eigenvalue weighted by Crippen LogP contribution is -2.46. The largest absolute Gasteiger partial charge is 0.451 e. The Morgan fingerprint density at radius 3 is 2.75 bits per heavy atom. The Morgan fingerprint density at radius 2 is 2.04 bits per heavy atom. The van der Waals surface area contributed by atoms with Crippen LogP contribution in [0.2, 0.25) is 5.02 Å². The van der Waals surface area contributed by atoms with Gasteiger partial charge in [0.05, 0.1) is 10.6 Å². The molecule has 0 bridgehead atoms. The lowest BCUT2D eigenvalue weighted by atomic mass is 9.84. The highest BCUT2D eigenvalue weighted by Gasteiger charge is 2.34. The van der Waals surface area contributed by atoms with Gasteiger partial charge in [-0.3, -0.25) is 4.79 Å². The molecule has 24 heavy (non-hydrogen) atoms. The van der Waals surface area contributed by atoms with Crippen molar-refractivity contribution in [3.05, 3.63) is 47.2 Å². The van der Waals surface area contributed by atoms with Gasteiger partial charge in [-0.25, -0.2) is 0 Å². The number of hydrogen-bond acceptors (Lipinski definition) is 3. The minimum absolute atomic E-state index is 0.0770. The molecule has 1 amide bonds. The molecule has 1 N–H and O–H groups in total. The molecule has 5 heteroatoms. The number of furan rings is 1. The molecule has 3 rings (SSSR count). The molecule has 2 heterocycles. The Bertz CT molecular complexity index is 732. The van der Waals surface area contributed by atoms with Crippen LogP contribution in [0.5, 0.6) is 0 Å². The monoisotopic (exact) mass is 347 g/mol. The van der Waals surface area contributed by atoms with Gasteiger partial charge in [0, 0.05) is 24.6 Å². The van der Waals surface area contributed by atoms with Gasteiger partial charge in [0.2, 0.25) is 0 Å². The number of amides is 1. The van der Waals surface area contributed by atoms with E-state index in [9.17, 15) is 9.90 Å². The highest BCUT2D eigenvalue weighted by molar-refractivity contribution is 6.33. The van der Waals surface area contributed by atoms with Crippen LogP contribution < -0.4 is 0 Å². The maximum atomic E-state index is 12.7. The highest BCUT2D eigenvalue weighted by atomic mass is 35.5. The summed E-state index contributed by atoms with van der Waals surface area (Å²) in [7, 11) is 0. The maximum Gasteiger partial charge on any atom is 0.289 e. The second-order valence-corrected chi connectivity index (χ2v) is 7.29. The van der Waals surface area contributed by atoms with Crippen molar-refractivity contribution in [2.45, 2.75) is 32.3 Å². The maximum absolute atomic E-state index is 12.7. The average Bonchev–Trinajstić information content (AvgIpc) is 3.03. The molecule has 0 saturated carbocycles. The molecule has 1 fully saturated rings. The number of carbonyl (C=O) groups excluding carboxylic acids is 1. The van der Waals surface area contributed by atoms with E-state index in [0.717, 1.165) is 18.4 Å². The lowest BCUT2D eigenvalue weighted by molar-refractivity contribution is -0.0152. The van der Waals surface area contributed by atoms with Crippen molar-refractivity contribution in [1.82, 2.24) is 4.90 Å². The molecular formula is C19H22ClNO3. The SMILES string of the molecule is CC(C)(O)C1CCCN(C(=O)c2ccc(-c3ccccc3Cl)o2)C1. The van der Waals surface area contributed by atoms with E-state index in [2.05, 4.69) is 0 Å². The van der Waals surface area contributed by atoms with Crippen LogP contribution in [0.15, 0.2) is 40.8 Å². The van der Waals surface area contributed by atoms with Gasteiger partial charge in [-0.1, -0.05) is 23.7 Å². The summed E-state index contributed by atoms with van der Waals surface area (Å²) in [6.45, 7) is 4.83. The molecule has 1 atom stereocenters. The van der Waals surface area contributed by atoms with Crippen LogP contribution in [0, 0.1) is 5.92 Å². The van der Waals surface area contributed by atoms with Gasteiger partial charge in [-0.05, 0) is 51.0 Å². The van der Waals surface area contributed by atoms with Crippen LogP contribution in [0.3, 0.4) is 0 Å². The Kier molecular flexibility index (Phi) is 4.70. The molecule has 1 unspecified atom stereocenters. The number of rotatable bonds is 3. The first-order valence-electron chi connectivity index (χ1n) is 8.22. The molecule has 4 nitrogen and oxygen atoms in total. The van der Waals surface area contributed by atoms with E-state index >= 15 is 0 Å². The smallest absolute Gasteiger partial charge is 0.289 e. The molecule has 0 radical (unpaired) electrons. The van der Waals surface area contributed by atoms with Crippen molar-refractivity contribution in [2.75, 3.05) is 13.1 Å². The van der Waals surface area contributed by atoms with Crippen LogP contribution in [-0.4, -0.2) is 34.6 Å². The van der Waals surface area contributed by atoms with Crippen molar-refractivity contribution in [3.63, 3.8) is 0 Å². The van der Waals surface area contributed by atoms with E-state index in [0.29, 0.717) is 29.6 Å².